The van der Waals surface area contributed by atoms with Gasteiger partial charge in [0.1, 0.15) is 0 Å². The first-order valence-corrected chi connectivity index (χ1v) is 8.99. The van der Waals surface area contributed by atoms with E-state index in [1.54, 1.807) is 25.1 Å². The summed E-state index contributed by atoms with van der Waals surface area (Å²) < 4.78 is 0. The zero-order chi connectivity index (χ0) is 17.7. The zero-order valence-electron chi connectivity index (χ0n) is 14.5. The molecule has 1 fully saturated rings. The van der Waals surface area contributed by atoms with Gasteiger partial charge in [0.05, 0.1) is 16.3 Å². The lowest BCUT2D eigenvalue weighted by molar-refractivity contribution is -0.135. The number of aryl methyl sites for hydroxylation is 1. The van der Waals surface area contributed by atoms with Crippen LogP contribution in [0, 0.1) is 6.92 Å². The topological polar surface area (TPSA) is 73.7 Å². The second-order valence-corrected chi connectivity index (χ2v) is 7.56. The van der Waals surface area contributed by atoms with E-state index in [4.69, 9.17) is 0 Å². The molecule has 1 aliphatic rings. The molecule has 0 spiro atoms. The fourth-order valence-corrected chi connectivity index (χ4v) is 3.37. The third kappa shape index (κ3) is 5.14. The van der Waals surface area contributed by atoms with E-state index in [-0.39, 0.29) is 18.4 Å². The maximum absolute atomic E-state index is 12.3. The molecule has 2 amide bonds. The van der Waals surface area contributed by atoms with Gasteiger partial charge in [-0.15, -0.1) is 11.3 Å². The molecule has 0 unspecified atom stereocenters. The van der Waals surface area contributed by atoms with Crippen molar-refractivity contribution >= 4 is 29.2 Å². The number of likely N-dealkylation sites (tertiary alicyclic amines) is 1. The van der Waals surface area contributed by atoms with Crippen LogP contribution in [-0.2, 0) is 9.59 Å². The highest BCUT2D eigenvalue weighted by atomic mass is 32.1. The van der Waals surface area contributed by atoms with E-state index in [0.717, 1.165) is 17.1 Å². The fraction of sp³-hybridized carbons (Fsp3) is 0.588. The van der Waals surface area contributed by atoms with Crippen molar-refractivity contribution in [3.8, 4) is 0 Å². The minimum atomic E-state index is -0.982. The van der Waals surface area contributed by atoms with Crippen molar-refractivity contribution in [1.82, 2.24) is 14.8 Å². The summed E-state index contributed by atoms with van der Waals surface area (Å²) >= 11 is 1.54. The minimum absolute atomic E-state index is 0.00864. The molecule has 2 rings (SSSR count). The van der Waals surface area contributed by atoms with Crippen LogP contribution in [-0.4, -0.2) is 64.5 Å². The van der Waals surface area contributed by atoms with Crippen LogP contribution in [0.1, 0.15) is 36.4 Å². The third-order valence-corrected chi connectivity index (χ3v) is 5.00. The van der Waals surface area contributed by atoms with Crippen LogP contribution in [0.5, 0.6) is 0 Å². The van der Waals surface area contributed by atoms with E-state index in [9.17, 15) is 14.7 Å². The van der Waals surface area contributed by atoms with Gasteiger partial charge in [-0.3, -0.25) is 9.59 Å². The first kappa shape index (κ1) is 18.6. The molecule has 1 aliphatic heterocycles. The van der Waals surface area contributed by atoms with Crippen molar-refractivity contribution in [2.75, 3.05) is 27.2 Å². The fourth-order valence-electron chi connectivity index (χ4n) is 2.79. The van der Waals surface area contributed by atoms with Crippen molar-refractivity contribution in [1.29, 1.82) is 0 Å². The number of aliphatic hydroxyl groups is 1. The number of carbonyl (C=O) groups excluding carboxylic acids is 2. The number of carbonyl (C=O) groups is 2. The van der Waals surface area contributed by atoms with E-state index in [1.165, 1.54) is 22.3 Å². The van der Waals surface area contributed by atoms with Crippen molar-refractivity contribution in [3.63, 3.8) is 0 Å². The van der Waals surface area contributed by atoms with Crippen LogP contribution in [0.4, 0.5) is 0 Å². The minimum Gasteiger partial charge on any atom is -0.388 e. The zero-order valence-corrected chi connectivity index (χ0v) is 15.3. The van der Waals surface area contributed by atoms with Gasteiger partial charge in [0, 0.05) is 45.1 Å². The van der Waals surface area contributed by atoms with Gasteiger partial charge in [0.15, 0.2) is 0 Å². The molecule has 2 heterocycles. The third-order valence-electron chi connectivity index (χ3n) is 4.20. The van der Waals surface area contributed by atoms with Gasteiger partial charge in [-0.05, 0) is 32.3 Å². The molecule has 0 aliphatic carbocycles. The highest BCUT2D eigenvalue weighted by molar-refractivity contribution is 7.09. The quantitative estimate of drug-likeness (QED) is 0.819. The molecule has 0 aromatic carbocycles. The summed E-state index contributed by atoms with van der Waals surface area (Å²) in [6, 6.07) is 0. The number of piperidine rings is 1. The number of hydrogen-bond donors (Lipinski definition) is 1. The van der Waals surface area contributed by atoms with E-state index >= 15 is 0 Å². The predicted octanol–water partition coefficient (Wildman–Crippen LogP) is 1.69. The summed E-state index contributed by atoms with van der Waals surface area (Å²) in [7, 11) is 3.40. The predicted molar refractivity (Wildman–Crippen MR) is 94.6 cm³/mol. The number of thiazole rings is 1. The van der Waals surface area contributed by atoms with Gasteiger partial charge in [0.25, 0.3) is 0 Å². The summed E-state index contributed by atoms with van der Waals surface area (Å²) in [6.45, 7) is 2.82. The Kier molecular flexibility index (Phi) is 6.12. The van der Waals surface area contributed by atoms with Crippen molar-refractivity contribution in [2.45, 2.75) is 38.2 Å². The Morgan fingerprint density at radius 1 is 1.50 bits per heavy atom. The largest absolute Gasteiger partial charge is 0.388 e. The van der Waals surface area contributed by atoms with Crippen LogP contribution in [0.2, 0.25) is 0 Å². The molecular formula is C17H25N3O3S. The lowest BCUT2D eigenvalue weighted by atomic mass is 9.88. The Hall–Kier alpha value is -1.73. The van der Waals surface area contributed by atoms with E-state index < -0.39 is 5.60 Å². The second-order valence-electron chi connectivity index (χ2n) is 6.50. The van der Waals surface area contributed by atoms with Crippen LogP contribution in [0.3, 0.4) is 0 Å². The normalized spacial score (nSPS) is 21.2. The highest BCUT2D eigenvalue weighted by Crippen LogP contribution is 2.26. The summed E-state index contributed by atoms with van der Waals surface area (Å²) in [6.07, 6.45) is 5.23. The molecule has 1 saturated heterocycles. The first-order chi connectivity index (χ1) is 11.3. The SMILES string of the molecule is Cc1nc(/C=C/C(=O)N2CCC[C@](O)(CCC(=O)N(C)C)C2)cs1. The molecule has 7 heteroatoms. The first-order valence-electron chi connectivity index (χ1n) is 8.11. The molecule has 1 aromatic rings. The molecule has 0 bridgehead atoms. The highest BCUT2D eigenvalue weighted by Gasteiger charge is 2.35. The number of hydrogen-bond acceptors (Lipinski definition) is 5. The molecular weight excluding hydrogens is 326 g/mol. The van der Waals surface area contributed by atoms with Crippen molar-refractivity contribution in [3.05, 3.63) is 22.2 Å². The average molecular weight is 351 g/mol. The van der Waals surface area contributed by atoms with Crippen LogP contribution in [0.15, 0.2) is 11.5 Å². The summed E-state index contributed by atoms with van der Waals surface area (Å²) in [5, 5.41) is 13.6. The number of aromatic nitrogens is 1. The molecule has 0 radical (unpaired) electrons. The molecule has 1 N–H and O–H groups in total. The van der Waals surface area contributed by atoms with Gasteiger partial charge >= 0.3 is 0 Å². The Morgan fingerprint density at radius 3 is 2.88 bits per heavy atom. The van der Waals surface area contributed by atoms with Crippen LogP contribution < -0.4 is 0 Å². The monoisotopic (exact) mass is 351 g/mol. The van der Waals surface area contributed by atoms with Crippen LogP contribution >= 0.6 is 11.3 Å². The van der Waals surface area contributed by atoms with Gasteiger partial charge in [0.2, 0.25) is 11.8 Å². The summed E-state index contributed by atoms with van der Waals surface area (Å²) in [5.41, 5.74) is -0.209. The lowest BCUT2D eigenvalue weighted by Crippen LogP contribution is -2.50. The Morgan fingerprint density at radius 2 is 2.25 bits per heavy atom. The van der Waals surface area contributed by atoms with Crippen molar-refractivity contribution in [2.24, 2.45) is 0 Å². The van der Waals surface area contributed by atoms with Gasteiger partial charge in [-0.1, -0.05) is 0 Å². The number of nitrogens with zero attached hydrogens (tertiary/aromatic N) is 3. The number of β-amino-alcohol motifs (C(OH)–C–C–N with tert-alkyl or cyclic N) is 1. The average Bonchev–Trinajstić information content (AvgIpc) is 2.95. The molecule has 1 aromatic heterocycles. The van der Waals surface area contributed by atoms with Gasteiger partial charge in [-0.2, -0.15) is 0 Å². The number of rotatable bonds is 5. The standard InChI is InChI=1S/C17H25N3O3S/c1-13-18-14(11-24-13)5-6-16(22)20-10-4-8-17(23,12-20)9-7-15(21)19(2)3/h5-6,11,23H,4,7-10,12H2,1-3H3/b6-5+/t17-/m0/s1. The van der Waals surface area contributed by atoms with E-state index in [1.807, 2.05) is 12.3 Å². The number of amides is 2. The van der Waals surface area contributed by atoms with Gasteiger partial charge in [-0.25, -0.2) is 4.98 Å². The van der Waals surface area contributed by atoms with Crippen LogP contribution in [0.25, 0.3) is 6.08 Å². The maximum atomic E-state index is 12.3. The maximum Gasteiger partial charge on any atom is 0.246 e. The Bertz CT molecular complexity index is 626. The smallest absolute Gasteiger partial charge is 0.246 e. The lowest BCUT2D eigenvalue weighted by Gasteiger charge is -2.39. The Balaban J connectivity index is 1.92. The molecule has 0 saturated carbocycles. The summed E-state index contributed by atoms with van der Waals surface area (Å²) in [4.78, 5) is 31.5. The molecule has 6 nitrogen and oxygen atoms in total. The Labute approximate surface area is 146 Å². The van der Waals surface area contributed by atoms with E-state index in [2.05, 4.69) is 4.98 Å². The molecule has 24 heavy (non-hydrogen) atoms. The molecule has 1 atom stereocenters. The van der Waals surface area contributed by atoms with Crippen molar-refractivity contribution < 1.29 is 14.7 Å². The molecule has 132 valence electrons. The second kappa shape index (κ2) is 7.90. The van der Waals surface area contributed by atoms with Gasteiger partial charge < -0.3 is 14.9 Å². The summed E-state index contributed by atoms with van der Waals surface area (Å²) in [5.74, 6) is -0.136. The van der Waals surface area contributed by atoms with E-state index in [0.29, 0.717) is 25.8 Å².